The molecule has 0 radical (unpaired) electrons. The van der Waals surface area contributed by atoms with Crippen molar-refractivity contribution in [3.8, 4) is 5.75 Å². The van der Waals surface area contributed by atoms with Crippen LogP contribution in [0.4, 0.5) is 5.82 Å². The van der Waals surface area contributed by atoms with Gasteiger partial charge >= 0.3 is 5.97 Å². The molecule has 1 aromatic carbocycles. The number of carbonyl (C=O) groups is 3. The second kappa shape index (κ2) is 13.7. The number of para-hydroxylation sites is 1. The SMILES string of the molecule is CC(C)C[C@@H](C(=O)Nc1ccn(C[C@@H]2C[C@H](CC(=O)OC(C)(C)C)OC(C)(C)O2)n1)N1CC(Oc2ccccc2Cl)=CC1=O. The zero-order valence-electron chi connectivity index (χ0n) is 26.5. The lowest BCUT2D eigenvalue weighted by Crippen LogP contribution is -2.47. The fourth-order valence-corrected chi connectivity index (χ4v) is 5.48. The van der Waals surface area contributed by atoms with Crippen molar-refractivity contribution in [3.05, 3.63) is 53.4 Å². The van der Waals surface area contributed by atoms with Crippen LogP contribution < -0.4 is 10.1 Å². The maximum atomic E-state index is 13.5. The molecule has 1 saturated heterocycles. The summed E-state index contributed by atoms with van der Waals surface area (Å²) in [6, 6.07) is 7.98. The molecular weight excluding hydrogens is 588 g/mol. The lowest BCUT2D eigenvalue weighted by atomic mass is 10.0. The molecule has 0 spiro atoms. The van der Waals surface area contributed by atoms with E-state index in [0.29, 0.717) is 41.7 Å². The van der Waals surface area contributed by atoms with Gasteiger partial charge in [0.2, 0.25) is 5.91 Å². The van der Waals surface area contributed by atoms with E-state index in [1.54, 1.807) is 41.2 Å². The van der Waals surface area contributed by atoms with E-state index in [-0.39, 0.29) is 48.9 Å². The number of amides is 2. The average molecular weight is 631 g/mol. The van der Waals surface area contributed by atoms with Crippen molar-refractivity contribution in [2.45, 2.75) is 104 Å². The van der Waals surface area contributed by atoms with Gasteiger partial charge in [-0.2, -0.15) is 5.10 Å². The van der Waals surface area contributed by atoms with Crippen LogP contribution in [0.2, 0.25) is 5.02 Å². The van der Waals surface area contributed by atoms with Crippen LogP contribution in [0, 0.1) is 5.92 Å². The number of ether oxygens (including phenoxy) is 4. The van der Waals surface area contributed by atoms with Gasteiger partial charge in [-0.3, -0.25) is 19.1 Å². The molecular formula is C32H43ClN4O7. The minimum Gasteiger partial charge on any atom is -0.460 e. The Morgan fingerprint density at radius 3 is 2.55 bits per heavy atom. The lowest BCUT2D eigenvalue weighted by Gasteiger charge is -2.40. The van der Waals surface area contributed by atoms with E-state index < -0.39 is 17.4 Å². The van der Waals surface area contributed by atoms with Gasteiger partial charge in [-0.25, -0.2) is 0 Å². The normalized spacial score (nSPS) is 20.8. The van der Waals surface area contributed by atoms with Crippen LogP contribution in [0.15, 0.2) is 48.4 Å². The zero-order chi connectivity index (χ0) is 32.2. The third-order valence-corrected chi connectivity index (χ3v) is 7.18. The van der Waals surface area contributed by atoms with Crippen molar-refractivity contribution in [2.24, 2.45) is 5.92 Å². The van der Waals surface area contributed by atoms with Crippen LogP contribution in [0.25, 0.3) is 0 Å². The monoisotopic (exact) mass is 630 g/mol. The number of esters is 1. The Labute approximate surface area is 263 Å². The first-order valence-corrected chi connectivity index (χ1v) is 15.3. The van der Waals surface area contributed by atoms with Crippen molar-refractivity contribution >= 4 is 35.2 Å². The molecule has 0 bridgehead atoms. The molecule has 4 rings (SSSR count). The molecule has 3 atom stereocenters. The van der Waals surface area contributed by atoms with Gasteiger partial charge in [0, 0.05) is 24.8 Å². The summed E-state index contributed by atoms with van der Waals surface area (Å²) in [6.07, 6.45) is 3.53. The highest BCUT2D eigenvalue weighted by Crippen LogP contribution is 2.31. The van der Waals surface area contributed by atoms with Gasteiger partial charge in [0.15, 0.2) is 11.6 Å². The summed E-state index contributed by atoms with van der Waals surface area (Å²) in [7, 11) is 0. The van der Waals surface area contributed by atoms with Crippen molar-refractivity contribution in [1.29, 1.82) is 0 Å². The van der Waals surface area contributed by atoms with Crippen molar-refractivity contribution in [3.63, 3.8) is 0 Å². The Kier molecular flexibility index (Phi) is 10.4. The molecule has 44 heavy (non-hydrogen) atoms. The molecule has 1 N–H and O–H groups in total. The molecule has 2 aliphatic heterocycles. The predicted octanol–water partition coefficient (Wildman–Crippen LogP) is 5.34. The second-order valence-corrected chi connectivity index (χ2v) is 13.5. The van der Waals surface area contributed by atoms with E-state index in [4.69, 9.17) is 30.5 Å². The fraction of sp³-hybridized carbons (Fsp3) is 0.562. The number of carbonyl (C=O) groups excluding carboxylic acids is 3. The number of nitrogens with one attached hydrogen (secondary N) is 1. The number of benzene rings is 1. The fourth-order valence-electron chi connectivity index (χ4n) is 5.30. The highest BCUT2D eigenvalue weighted by molar-refractivity contribution is 6.32. The third kappa shape index (κ3) is 9.54. The number of aromatic nitrogens is 2. The summed E-state index contributed by atoms with van der Waals surface area (Å²) in [6.45, 7) is 13.6. The van der Waals surface area contributed by atoms with Crippen molar-refractivity contribution < 1.29 is 33.3 Å². The van der Waals surface area contributed by atoms with E-state index in [2.05, 4.69) is 10.4 Å². The Bertz CT molecular complexity index is 1380. The quantitative estimate of drug-likeness (QED) is 0.331. The first-order chi connectivity index (χ1) is 20.6. The van der Waals surface area contributed by atoms with E-state index in [1.807, 2.05) is 48.5 Å². The van der Waals surface area contributed by atoms with Crippen molar-refractivity contribution in [2.75, 3.05) is 11.9 Å². The first-order valence-electron chi connectivity index (χ1n) is 14.9. The minimum atomic E-state index is -0.894. The summed E-state index contributed by atoms with van der Waals surface area (Å²) in [5, 5.41) is 7.83. The number of hydrogen-bond donors (Lipinski definition) is 1. The molecule has 240 valence electrons. The molecule has 11 nitrogen and oxygen atoms in total. The van der Waals surface area contributed by atoms with Gasteiger partial charge in [0.1, 0.15) is 23.2 Å². The summed E-state index contributed by atoms with van der Waals surface area (Å²) >= 11 is 6.22. The number of nitrogens with zero attached hydrogens (tertiary/aromatic N) is 3. The Morgan fingerprint density at radius 1 is 1.16 bits per heavy atom. The van der Waals surface area contributed by atoms with Gasteiger partial charge in [0.25, 0.3) is 5.91 Å². The van der Waals surface area contributed by atoms with Crippen LogP contribution in [0.1, 0.15) is 67.7 Å². The van der Waals surface area contributed by atoms with Crippen LogP contribution in [-0.2, 0) is 35.1 Å². The molecule has 12 heteroatoms. The number of halogens is 1. The van der Waals surface area contributed by atoms with E-state index >= 15 is 0 Å². The molecule has 3 heterocycles. The van der Waals surface area contributed by atoms with Gasteiger partial charge in [-0.1, -0.05) is 37.6 Å². The van der Waals surface area contributed by atoms with Crippen LogP contribution in [0.5, 0.6) is 5.75 Å². The highest BCUT2D eigenvalue weighted by atomic mass is 35.5. The van der Waals surface area contributed by atoms with E-state index in [1.165, 1.54) is 11.0 Å². The van der Waals surface area contributed by atoms with Gasteiger partial charge in [-0.05, 0) is 59.1 Å². The van der Waals surface area contributed by atoms with Crippen molar-refractivity contribution in [1.82, 2.24) is 14.7 Å². The number of rotatable bonds is 11. The molecule has 2 amide bonds. The third-order valence-electron chi connectivity index (χ3n) is 6.87. The van der Waals surface area contributed by atoms with Crippen LogP contribution >= 0.6 is 11.6 Å². The minimum absolute atomic E-state index is 0.118. The van der Waals surface area contributed by atoms with Gasteiger partial charge in [-0.15, -0.1) is 0 Å². The van der Waals surface area contributed by atoms with E-state index in [0.717, 1.165) is 0 Å². The molecule has 2 aromatic rings. The highest BCUT2D eigenvalue weighted by Gasteiger charge is 2.38. The first kappa shape index (κ1) is 33.5. The maximum Gasteiger partial charge on any atom is 0.308 e. The molecule has 2 aliphatic rings. The summed E-state index contributed by atoms with van der Waals surface area (Å²) in [4.78, 5) is 40.4. The Hall–Kier alpha value is -3.41. The topological polar surface area (TPSA) is 121 Å². The standard InChI is InChI=1S/C32H43ClN4O7/c1-20(2)14-25(37-19-22(16-28(37)38)41-26-11-9-8-10-24(26)33)30(40)34-27-12-13-36(35-27)18-23-15-21(42-32(6,7)43-23)17-29(39)44-31(3,4)5/h8-13,16,20-21,23,25H,14-15,17-19H2,1-7H3,(H,34,35,40)/t21-,23+,25+/m1/s1. The van der Waals surface area contributed by atoms with Gasteiger partial charge < -0.3 is 29.2 Å². The van der Waals surface area contributed by atoms with Gasteiger partial charge in [0.05, 0.1) is 36.7 Å². The molecule has 1 fully saturated rings. The predicted molar refractivity (Wildman–Crippen MR) is 165 cm³/mol. The maximum absolute atomic E-state index is 13.5. The number of anilines is 1. The Morgan fingerprint density at radius 2 is 1.86 bits per heavy atom. The van der Waals surface area contributed by atoms with Crippen LogP contribution in [0.3, 0.4) is 0 Å². The largest absolute Gasteiger partial charge is 0.460 e. The summed E-state index contributed by atoms with van der Waals surface area (Å²) in [5.41, 5.74) is -0.577. The lowest BCUT2D eigenvalue weighted by molar-refractivity contribution is -0.302. The Balaban J connectivity index is 1.37. The van der Waals surface area contributed by atoms with E-state index in [9.17, 15) is 14.4 Å². The summed E-state index contributed by atoms with van der Waals surface area (Å²) in [5.74, 6) is -0.511. The second-order valence-electron chi connectivity index (χ2n) is 13.1. The molecule has 0 aliphatic carbocycles. The zero-order valence-corrected chi connectivity index (χ0v) is 27.2. The molecule has 1 aromatic heterocycles. The molecule has 0 unspecified atom stereocenters. The smallest absolute Gasteiger partial charge is 0.308 e. The summed E-state index contributed by atoms with van der Waals surface area (Å²) < 4.78 is 25.1. The van der Waals surface area contributed by atoms with Crippen LogP contribution in [-0.4, -0.2) is 68.6 Å². The molecule has 0 saturated carbocycles. The average Bonchev–Trinajstić information content (AvgIpc) is 3.46. The number of hydrogen-bond acceptors (Lipinski definition) is 8.